The third-order valence-corrected chi connectivity index (χ3v) is 4.03. The van der Waals surface area contributed by atoms with Crippen LogP contribution in [-0.2, 0) is 24.3 Å². The number of nitrogens with one attached hydrogen (secondary N) is 2. The number of rotatable bonds is 6. The van der Waals surface area contributed by atoms with Crippen LogP contribution >= 0.6 is 0 Å². The van der Waals surface area contributed by atoms with Crippen molar-refractivity contribution >= 4 is 29.2 Å². The van der Waals surface area contributed by atoms with Gasteiger partial charge in [0, 0.05) is 40.7 Å². The molecule has 3 aromatic heterocycles. The summed E-state index contributed by atoms with van der Waals surface area (Å²) in [6.45, 7) is 4.66. The van der Waals surface area contributed by atoms with Gasteiger partial charge in [0.1, 0.15) is 0 Å². The summed E-state index contributed by atoms with van der Waals surface area (Å²) in [4.78, 5) is 45.5. The van der Waals surface area contributed by atoms with Crippen LogP contribution in [0.1, 0.15) is 52.9 Å². The Morgan fingerprint density at radius 1 is 0.714 bits per heavy atom. The Bertz CT molecular complexity index is 1110. The van der Waals surface area contributed by atoms with Crippen molar-refractivity contribution in [3.63, 3.8) is 0 Å². The first-order valence-corrected chi connectivity index (χ1v) is 9.97. The van der Waals surface area contributed by atoms with Crippen molar-refractivity contribution < 1.29 is 39.0 Å². The number of carbonyl (C=O) groups is 3. The number of hydrogen-bond donors (Lipinski definition) is 2. The average molecular weight is 528 g/mol. The minimum absolute atomic E-state index is 0. The molecule has 4 N–H and O–H groups in total. The van der Waals surface area contributed by atoms with Crippen molar-refractivity contribution in [3.8, 4) is 0 Å². The second-order valence-corrected chi connectivity index (χ2v) is 6.71. The van der Waals surface area contributed by atoms with Gasteiger partial charge in [-0.15, -0.1) is 0 Å². The molecule has 0 spiro atoms. The first-order chi connectivity index (χ1) is 16.3. The van der Waals surface area contributed by atoms with E-state index in [1.165, 1.54) is 31.7 Å². The van der Waals surface area contributed by atoms with Gasteiger partial charge in [0.15, 0.2) is 0 Å². The molecule has 0 atom stereocenters. The Morgan fingerprint density at radius 2 is 1.06 bits per heavy atom. The second kappa shape index (κ2) is 14.9. The van der Waals surface area contributed by atoms with Gasteiger partial charge >= 0.3 is 25.4 Å². The molecule has 0 aromatic carbocycles. The number of hydrogen-bond acceptors (Lipinski definition) is 8. The van der Waals surface area contributed by atoms with E-state index in [-0.39, 0.29) is 31.3 Å². The number of pyridine rings is 3. The molecule has 0 bridgehead atoms. The second-order valence-electron chi connectivity index (χ2n) is 6.71. The van der Waals surface area contributed by atoms with Crippen molar-refractivity contribution in [2.45, 2.75) is 20.8 Å². The molecule has 3 heterocycles. The summed E-state index contributed by atoms with van der Waals surface area (Å²) in [5.41, 5.74) is 8.07. The summed E-state index contributed by atoms with van der Waals surface area (Å²) in [5.74, 6) is -1.27. The zero-order valence-corrected chi connectivity index (χ0v) is 22.5. The summed E-state index contributed by atoms with van der Waals surface area (Å²) in [6.07, 6.45) is 6.14. The maximum absolute atomic E-state index is 12.1. The van der Waals surface area contributed by atoms with E-state index < -0.39 is 5.97 Å². The van der Waals surface area contributed by atoms with Gasteiger partial charge in [0.05, 0.1) is 29.7 Å². The molecular weight excluding hydrogens is 504 g/mol. The number of hydrazone groups is 2. The molecule has 0 unspecified atom stereocenters. The Morgan fingerprint density at radius 3 is 1.40 bits per heavy atom. The van der Waals surface area contributed by atoms with Gasteiger partial charge in [-0.3, -0.25) is 19.6 Å². The third-order valence-electron chi connectivity index (χ3n) is 4.03. The Kier molecular flexibility index (Phi) is 12.3. The molecule has 11 nitrogen and oxygen atoms in total. The monoisotopic (exact) mass is 526 g/mol. The molecule has 2 amide bonds. The molecule has 0 saturated carbocycles. The van der Waals surface area contributed by atoms with Crippen LogP contribution in [0.4, 0.5) is 0 Å². The molecular formula is C23H24N7O4Zn+3. The van der Waals surface area contributed by atoms with Gasteiger partial charge in [-0.1, -0.05) is 6.07 Å². The van der Waals surface area contributed by atoms with Gasteiger partial charge in [-0.05, 0) is 50.2 Å². The number of carbonyl (C=O) groups excluding carboxylic acids is 3. The van der Waals surface area contributed by atoms with Gasteiger partial charge < -0.3 is 5.11 Å². The fourth-order valence-electron chi connectivity index (χ4n) is 2.36. The summed E-state index contributed by atoms with van der Waals surface area (Å²) in [7, 11) is 0. The van der Waals surface area contributed by atoms with Crippen molar-refractivity contribution in [3.05, 3.63) is 89.8 Å². The molecule has 12 heteroatoms. The minimum atomic E-state index is -0.583. The van der Waals surface area contributed by atoms with Crippen LogP contribution < -0.4 is 10.9 Å². The summed E-state index contributed by atoms with van der Waals surface area (Å²) in [5, 5.41) is 14.2. The van der Waals surface area contributed by atoms with Gasteiger partial charge in [0.2, 0.25) is 0 Å². The van der Waals surface area contributed by atoms with E-state index in [0.29, 0.717) is 33.9 Å². The predicted octanol–water partition coefficient (Wildman–Crippen LogP) is 1.43. The van der Waals surface area contributed by atoms with E-state index in [1.807, 2.05) is 0 Å². The van der Waals surface area contributed by atoms with Crippen LogP contribution in [0.25, 0.3) is 0 Å². The summed E-state index contributed by atoms with van der Waals surface area (Å²) >= 11 is 0. The molecule has 0 saturated heterocycles. The minimum Gasteiger partial charge on any atom is -0.565 e. The average Bonchev–Trinajstić information content (AvgIpc) is 2.86. The van der Waals surface area contributed by atoms with Crippen LogP contribution in [-0.4, -0.2) is 49.3 Å². The number of nitrogens with zero attached hydrogens (tertiary/aromatic N) is 5. The van der Waals surface area contributed by atoms with E-state index >= 15 is 0 Å². The zero-order chi connectivity index (χ0) is 24.9. The van der Waals surface area contributed by atoms with Gasteiger partial charge in [0.25, 0.3) is 11.8 Å². The SMILES string of the molecule is CC(=NNC(=O)c1ccncc1)c1cccc(C(C)=NNC(=O)c2ccncc2)n1.CC(=O)[OH2+].[Zn+2]. The molecule has 3 aromatic rings. The predicted molar refractivity (Wildman–Crippen MR) is 126 cm³/mol. The van der Waals surface area contributed by atoms with Crippen LogP contribution in [0.5, 0.6) is 0 Å². The molecule has 0 aliphatic carbocycles. The largest absolute Gasteiger partial charge is 2.00 e. The Hall–Kier alpha value is -4.18. The van der Waals surface area contributed by atoms with E-state index in [0.717, 1.165) is 0 Å². The first kappa shape index (κ1) is 28.9. The number of aromatic nitrogens is 3. The third kappa shape index (κ3) is 10.1. The van der Waals surface area contributed by atoms with Crippen molar-refractivity contribution in [2.75, 3.05) is 0 Å². The van der Waals surface area contributed by atoms with E-state index in [1.54, 1.807) is 56.3 Å². The molecule has 35 heavy (non-hydrogen) atoms. The normalized spacial score (nSPS) is 10.7. The van der Waals surface area contributed by atoms with Crippen molar-refractivity contribution in [1.82, 2.24) is 25.8 Å². The maximum atomic E-state index is 12.1. The van der Waals surface area contributed by atoms with Gasteiger partial charge in [-0.2, -0.15) is 10.2 Å². The fourth-order valence-corrected chi connectivity index (χ4v) is 2.36. The smallest absolute Gasteiger partial charge is 0.565 e. The standard InChI is InChI=1S/C21H19N7O2.C2H4O2.Zn/c1-14(25-27-20(29)16-6-10-22-11-7-16)18-4-3-5-19(24-18)15(2)26-28-21(30)17-8-12-23-13-9-17;1-2(3)4;/h3-13H,1-2H3,(H,27,29)(H,28,30);1H3,(H,3,4);/q;;+2/p+1. The molecule has 3 rings (SSSR count). The van der Waals surface area contributed by atoms with E-state index in [9.17, 15) is 9.59 Å². The van der Waals surface area contributed by atoms with Gasteiger partial charge in [-0.25, -0.2) is 15.8 Å². The van der Waals surface area contributed by atoms with Crippen LogP contribution in [0.2, 0.25) is 0 Å². The van der Waals surface area contributed by atoms with E-state index in [2.05, 4.69) is 36.0 Å². The molecule has 0 aliphatic rings. The van der Waals surface area contributed by atoms with Crippen molar-refractivity contribution in [2.24, 2.45) is 10.2 Å². The Balaban J connectivity index is 0.00000114. The Labute approximate surface area is 214 Å². The first-order valence-electron chi connectivity index (χ1n) is 9.97. The fraction of sp³-hybridized carbons (Fsp3) is 0.130. The topological polar surface area (TPSA) is 162 Å². The van der Waals surface area contributed by atoms with Crippen LogP contribution in [0.15, 0.2) is 77.5 Å². The maximum Gasteiger partial charge on any atom is 2.00 e. The van der Waals surface area contributed by atoms with Crippen LogP contribution in [0, 0.1) is 0 Å². The molecule has 0 radical (unpaired) electrons. The summed E-state index contributed by atoms with van der Waals surface area (Å²) < 4.78 is 0. The van der Waals surface area contributed by atoms with E-state index in [4.69, 9.17) is 9.90 Å². The zero-order valence-electron chi connectivity index (χ0n) is 19.5. The van der Waals surface area contributed by atoms with Crippen LogP contribution in [0.3, 0.4) is 0 Å². The quantitative estimate of drug-likeness (QED) is 0.213. The summed E-state index contributed by atoms with van der Waals surface area (Å²) in [6, 6.07) is 11.7. The number of amides is 2. The van der Waals surface area contributed by atoms with Crippen molar-refractivity contribution in [1.29, 1.82) is 0 Å². The molecule has 174 valence electrons. The molecule has 0 aliphatic heterocycles. The molecule has 0 fully saturated rings.